The van der Waals surface area contributed by atoms with Gasteiger partial charge in [0.2, 0.25) is 0 Å². The van der Waals surface area contributed by atoms with Gasteiger partial charge in [-0.15, -0.1) is 0 Å². The predicted octanol–water partition coefficient (Wildman–Crippen LogP) is 6.11. The molecule has 0 spiro atoms. The van der Waals surface area contributed by atoms with Crippen LogP contribution in [0.2, 0.25) is 0 Å². The first-order valence-corrected chi connectivity index (χ1v) is 12.1. The normalized spacial score (nSPS) is 22.1. The molecule has 0 unspecified atom stereocenters. The van der Waals surface area contributed by atoms with Crippen LogP contribution in [0.15, 0.2) is 66.7 Å². The number of hydrogen-bond donors (Lipinski definition) is 0. The molecule has 0 bridgehead atoms. The maximum absolute atomic E-state index is 14.0. The molecule has 184 valence electrons. The Labute approximate surface area is 202 Å². The summed E-state index contributed by atoms with van der Waals surface area (Å²) in [4.78, 5) is 16.8. The number of benzene rings is 3. The van der Waals surface area contributed by atoms with Crippen molar-refractivity contribution in [3.8, 4) is 0 Å². The molecule has 2 saturated heterocycles. The average Bonchev–Trinajstić information content (AvgIpc) is 3.29. The number of piperidine rings is 1. The molecule has 3 aromatic carbocycles. The lowest BCUT2D eigenvalue weighted by Gasteiger charge is -2.35. The van der Waals surface area contributed by atoms with Crippen LogP contribution in [0, 0.1) is 17.7 Å². The molecule has 2 aliphatic rings. The van der Waals surface area contributed by atoms with E-state index < -0.39 is 18.0 Å². The first kappa shape index (κ1) is 23.8. The van der Waals surface area contributed by atoms with E-state index in [1.165, 1.54) is 17.0 Å². The van der Waals surface area contributed by atoms with Gasteiger partial charge in [-0.3, -0.25) is 4.79 Å². The van der Waals surface area contributed by atoms with Gasteiger partial charge in [0.15, 0.2) is 0 Å². The standard InChI is InChI=1S/C28H28F4N2O/c29-23-10-8-19(9-11-23)20-12-14-33(15-13-20)16-22-17-34(18-26(22)28(30,31)32)27(35)25-7-3-5-21-4-1-2-6-24(21)25/h1-11,20,22,26H,12-18H2/t22-,26-/m1/s1. The maximum atomic E-state index is 14.0. The van der Waals surface area contributed by atoms with E-state index in [1.54, 1.807) is 24.3 Å². The van der Waals surface area contributed by atoms with Gasteiger partial charge in [0.25, 0.3) is 5.91 Å². The van der Waals surface area contributed by atoms with E-state index in [2.05, 4.69) is 4.90 Å². The summed E-state index contributed by atoms with van der Waals surface area (Å²) < 4.78 is 55.2. The lowest BCUT2D eigenvalue weighted by atomic mass is 9.88. The van der Waals surface area contributed by atoms with E-state index in [1.807, 2.05) is 30.3 Å². The Hall–Kier alpha value is -2.93. The van der Waals surface area contributed by atoms with E-state index in [0.29, 0.717) is 31.1 Å². The molecule has 2 atom stereocenters. The second-order valence-corrected chi connectivity index (χ2v) is 9.77. The quantitative estimate of drug-likeness (QED) is 0.417. The van der Waals surface area contributed by atoms with Crippen LogP contribution in [0.3, 0.4) is 0 Å². The third-order valence-electron chi connectivity index (χ3n) is 7.59. The van der Waals surface area contributed by atoms with Gasteiger partial charge in [-0.25, -0.2) is 4.39 Å². The van der Waals surface area contributed by atoms with Gasteiger partial charge in [0, 0.05) is 31.1 Å². The van der Waals surface area contributed by atoms with E-state index in [0.717, 1.165) is 29.2 Å². The Morgan fingerprint density at radius 1 is 0.886 bits per heavy atom. The van der Waals surface area contributed by atoms with Crippen LogP contribution < -0.4 is 0 Å². The SMILES string of the molecule is O=C(c1cccc2ccccc12)N1C[C@@H](CN2CCC(c3ccc(F)cc3)CC2)[C@H](C(F)(F)F)C1. The molecule has 0 aromatic heterocycles. The third kappa shape index (κ3) is 5.06. The Bertz CT molecular complexity index is 1180. The van der Waals surface area contributed by atoms with E-state index in [4.69, 9.17) is 0 Å². The zero-order valence-corrected chi connectivity index (χ0v) is 19.3. The molecule has 7 heteroatoms. The Balaban J connectivity index is 1.27. The van der Waals surface area contributed by atoms with Gasteiger partial charge in [0.1, 0.15) is 5.82 Å². The van der Waals surface area contributed by atoms with Crippen molar-refractivity contribution in [3.63, 3.8) is 0 Å². The lowest BCUT2D eigenvalue weighted by Crippen LogP contribution is -2.41. The van der Waals surface area contributed by atoms with Gasteiger partial charge in [-0.1, -0.05) is 48.5 Å². The number of amides is 1. The van der Waals surface area contributed by atoms with Gasteiger partial charge < -0.3 is 9.80 Å². The van der Waals surface area contributed by atoms with Crippen molar-refractivity contribution in [2.45, 2.75) is 24.9 Å². The van der Waals surface area contributed by atoms with Crippen LogP contribution in [0.5, 0.6) is 0 Å². The molecule has 3 aromatic rings. The molecular formula is C28H28F4N2O. The van der Waals surface area contributed by atoms with Crippen LogP contribution in [-0.4, -0.2) is 54.6 Å². The smallest absolute Gasteiger partial charge is 0.338 e. The van der Waals surface area contributed by atoms with Gasteiger partial charge >= 0.3 is 6.18 Å². The van der Waals surface area contributed by atoms with Crippen LogP contribution in [0.25, 0.3) is 10.8 Å². The number of alkyl halides is 3. The molecule has 0 saturated carbocycles. The van der Waals surface area contributed by atoms with Crippen molar-refractivity contribution in [3.05, 3.63) is 83.7 Å². The van der Waals surface area contributed by atoms with Crippen LogP contribution >= 0.6 is 0 Å². The molecule has 2 aliphatic heterocycles. The Morgan fingerprint density at radius 3 is 2.29 bits per heavy atom. The first-order valence-electron chi connectivity index (χ1n) is 12.1. The fourth-order valence-electron chi connectivity index (χ4n) is 5.69. The van der Waals surface area contributed by atoms with Crippen LogP contribution in [-0.2, 0) is 0 Å². The molecule has 0 aliphatic carbocycles. The van der Waals surface area contributed by atoms with Crippen molar-refractivity contribution in [1.82, 2.24) is 9.80 Å². The molecule has 3 nitrogen and oxygen atoms in total. The number of halogens is 4. The van der Waals surface area contributed by atoms with Gasteiger partial charge in [-0.2, -0.15) is 13.2 Å². The molecular weight excluding hydrogens is 456 g/mol. The van der Waals surface area contributed by atoms with Gasteiger partial charge in [-0.05, 0) is 66.4 Å². The van der Waals surface area contributed by atoms with Crippen molar-refractivity contribution in [1.29, 1.82) is 0 Å². The summed E-state index contributed by atoms with van der Waals surface area (Å²) in [5.41, 5.74) is 1.52. The second-order valence-electron chi connectivity index (χ2n) is 9.77. The molecule has 0 N–H and O–H groups in total. The summed E-state index contributed by atoms with van der Waals surface area (Å²) in [6.45, 7) is 1.51. The third-order valence-corrected chi connectivity index (χ3v) is 7.59. The fourth-order valence-corrected chi connectivity index (χ4v) is 5.69. The highest BCUT2D eigenvalue weighted by molar-refractivity contribution is 6.07. The van der Waals surface area contributed by atoms with Crippen LogP contribution in [0.1, 0.15) is 34.7 Å². The number of fused-ring (bicyclic) bond motifs is 1. The number of likely N-dealkylation sites (tertiary alicyclic amines) is 2. The zero-order chi connectivity index (χ0) is 24.6. The Morgan fingerprint density at radius 2 is 1.57 bits per heavy atom. The lowest BCUT2D eigenvalue weighted by molar-refractivity contribution is -0.181. The summed E-state index contributed by atoms with van der Waals surface area (Å²) in [5.74, 6) is -2.51. The number of rotatable bonds is 4. The van der Waals surface area contributed by atoms with Gasteiger partial charge in [0.05, 0.1) is 5.92 Å². The van der Waals surface area contributed by atoms with E-state index >= 15 is 0 Å². The minimum absolute atomic E-state index is 0.101. The second kappa shape index (κ2) is 9.61. The average molecular weight is 485 g/mol. The minimum atomic E-state index is -4.36. The van der Waals surface area contributed by atoms with Crippen molar-refractivity contribution >= 4 is 16.7 Å². The molecule has 1 amide bonds. The van der Waals surface area contributed by atoms with E-state index in [-0.39, 0.29) is 24.8 Å². The number of carbonyl (C=O) groups is 1. The van der Waals surface area contributed by atoms with Crippen molar-refractivity contribution in [2.75, 3.05) is 32.7 Å². The highest BCUT2D eigenvalue weighted by Gasteiger charge is 2.51. The number of hydrogen-bond acceptors (Lipinski definition) is 2. The topological polar surface area (TPSA) is 23.6 Å². The molecule has 5 rings (SSSR count). The summed E-state index contributed by atoms with van der Waals surface area (Å²) >= 11 is 0. The highest BCUT2D eigenvalue weighted by Crippen LogP contribution is 2.39. The van der Waals surface area contributed by atoms with Crippen molar-refractivity contribution in [2.24, 2.45) is 11.8 Å². The predicted molar refractivity (Wildman–Crippen MR) is 128 cm³/mol. The zero-order valence-electron chi connectivity index (χ0n) is 19.3. The number of carbonyl (C=O) groups excluding carboxylic acids is 1. The molecule has 2 heterocycles. The summed E-state index contributed by atoms with van der Waals surface area (Å²) in [7, 11) is 0. The van der Waals surface area contributed by atoms with Crippen LogP contribution in [0.4, 0.5) is 17.6 Å². The summed E-state index contributed by atoms with van der Waals surface area (Å²) in [5, 5.41) is 1.65. The number of nitrogens with zero attached hydrogens (tertiary/aromatic N) is 2. The molecule has 35 heavy (non-hydrogen) atoms. The Kier molecular flexibility index (Phi) is 6.53. The summed E-state index contributed by atoms with van der Waals surface area (Å²) in [6, 6.07) is 19.3. The summed E-state index contributed by atoms with van der Waals surface area (Å²) in [6.07, 6.45) is -2.70. The largest absolute Gasteiger partial charge is 0.393 e. The molecule has 0 radical (unpaired) electrons. The maximum Gasteiger partial charge on any atom is 0.393 e. The van der Waals surface area contributed by atoms with E-state index in [9.17, 15) is 22.4 Å². The molecule has 2 fully saturated rings. The highest BCUT2D eigenvalue weighted by atomic mass is 19.4. The van der Waals surface area contributed by atoms with Crippen molar-refractivity contribution < 1.29 is 22.4 Å². The first-order chi connectivity index (χ1) is 16.8. The fraction of sp³-hybridized carbons (Fsp3) is 0.393. The minimum Gasteiger partial charge on any atom is -0.338 e. The monoisotopic (exact) mass is 484 g/mol.